The average molecular weight is 383 g/mol. The molecule has 29 heavy (non-hydrogen) atoms. The Morgan fingerprint density at radius 2 is 1.10 bits per heavy atom. The lowest BCUT2D eigenvalue weighted by molar-refractivity contribution is 1.48. The lowest BCUT2D eigenvalue weighted by Crippen LogP contribution is -1.73. The van der Waals surface area contributed by atoms with Crippen LogP contribution in [0.1, 0.15) is 33.3 Å². The van der Waals surface area contributed by atoms with E-state index in [0.29, 0.717) is 0 Å². The molecule has 0 unspecified atom stereocenters. The van der Waals surface area contributed by atoms with E-state index in [1.807, 2.05) is 70.2 Å². The number of terminal acetylenes is 1. The van der Waals surface area contributed by atoms with Crippen LogP contribution in [0.5, 0.6) is 0 Å². The molecule has 0 aliphatic carbocycles. The highest BCUT2D eigenvalue weighted by molar-refractivity contribution is 5.62. The lowest BCUT2D eigenvalue weighted by Gasteiger charge is -1.98. The Bertz CT molecular complexity index is 795. The summed E-state index contributed by atoms with van der Waals surface area (Å²) in [6.45, 7) is 10.1. The lowest BCUT2D eigenvalue weighted by atomic mass is 10.1. The first-order chi connectivity index (χ1) is 14.2. The van der Waals surface area contributed by atoms with E-state index in [0.717, 1.165) is 0 Å². The van der Waals surface area contributed by atoms with Gasteiger partial charge in [-0.05, 0) is 38.0 Å². The van der Waals surface area contributed by atoms with Crippen molar-refractivity contribution >= 4 is 0 Å². The van der Waals surface area contributed by atoms with Gasteiger partial charge >= 0.3 is 0 Å². The second-order valence-corrected chi connectivity index (χ2v) is 5.92. The zero-order valence-electron chi connectivity index (χ0n) is 18.5. The summed E-state index contributed by atoms with van der Waals surface area (Å²) in [7, 11) is 0. The first-order valence-electron chi connectivity index (χ1n) is 10.0. The quantitative estimate of drug-likeness (QED) is 0.308. The van der Waals surface area contributed by atoms with Crippen molar-refractivity contribution in [3.8, 4) is 23.5 Å². The summed E-state index contributed by atoms with van der Waals surface area (Å²) >= 11 is 0. The van der Waals surface area contributed by atoms with E-state index in [9.17, 15) is 0 Å². The molecular weight excluding hydrogens is 348 g/mol. The highest BCUT2D eigenvalue weighted by Crippen LogP contribution is 2.17. The van der Waals surface area contributed by atoms with Gasteiger partial charge < -0.3 is 0 Å². The Labute approximate surface area is 178 Å². The molecule has 0 aliphatic heterocycles. The monoisotopic (exact) mass is 382 g/mol. The third-order valence-corrected chi connectivity index (χ3v) is 3.72. The summed E-state index contributed by atoms with van der Waals surface area (Å²) < 4.78 is 0. The fourth-order valence-electron chi connectivity index (χ4n) is 2.07. The Morgan fingerprint density at radius 3 is 1.38 bits per heavy atom. The minimum atomic E-state index is 1.20. The van der Waals surface area contributed by atoms with Gasteiger partial charge in [-0.2, -0.15) is 0 Å². The van der Waals surface area contributed by atoms with E-state index >= 15 is 0 Å². The summed E-state index contributed by atoms with van der Waals surface area (Å²) in [6.07, 6.45) is 10.6. The highest BCUT2D eigenvalue weighted by Gasteiger charge is 1.91. The molecular formula is C29H34. The van der Waals surface area contributed by atoms with Crippen molar-refractivity contribution in [3.63, 3.8) is 0 Å². The second-order valence-electron chi connectivity index (χ2n) is 5.92. The summed E-state index contributed by atoms with van der Waals surface area (Å²) in [5.74, 6) is 2.41. The van der Waals surface area contributed by atoms with Crippen LogP contribution in [0.3, 0.4) is 0 Å². The van der Waals surface area contributed by atoms with Crippen LogP contribution in [0.25, 0.3) is 11.1 Å². The molecule has 0 spiro atoms. The SMILES string of the molecule is C#C/C=C\C(C)=C/C.CC.Cc1ccccc1.c1ccc(-c2ccccc2)cc1. The van der Waals surface area contributed by atoms with Gasteiger partial charge in [-0.15, -0.1) is 6.42 Å². The maximum atomic E-state index is 4.97. The van der Waals surface area contributed by atoms with Crippen LogP contribution >= 0.6 is 0 Å². The van der Waals surface area contributed by atoms with E-state index < -0.39 is 0 Å². The van der Waals surface area contributed by atoms with Crippen LogP contribution in [0.4, 0.5) is 0 Å². The van der Waals surface area contributed by atoms with Gasteiger partial charge in [0.2, 0.25) is 0 Å². The van der Waals surface area contributed by atoms with Crippen LogP contribution < -0.4 is 0 Å². The predicted molar refractivity (Wildman–Crippen MR) is 132 cm³/mol. The standard InChI is InChI=1S/C12H10.C8H10.C7H8.C2H6/c1-3-7-11(8-4-1)12-9-5-2-6-10-12;1-4-6-7-8(3)5-2;1-7-5-3-2-4-6-7;1-2/h1-10H;1,5-7H,2-3H3;2-6H,1H3;1-2H3/b;7-6-,8-5-;;. The third kappa shape index (κ3) is 13.5. The largest absolute Gasteiger partial charge is 0.115 e. The Hall–Kier alpha value is -3.30. The number of hydrogen-bond acceptors (Lipinski definition) is 0. The van der Waals surface area contributed by atoms with Crippen molar-refractivity contribution in [2.45, 2.75) is 34.6 Å². The number of hydrogen-bond donors (Lipinski definition) is 0. The summed E-state index contributed by atoms with van der Waals surface area (Å²) in [6, 6.07) is 31.0. The average Bonchev–Trinajstić information content (AvgIpc) is 2.81. The molecule has 0 heteroatoms. The summed E-state index contributed by atoms with van der Waals surface area (Å²) in [4.78, 5) is 0. The maximum absolute atomic E-state index is 4.97. The van der Waals surface area contributed by atoms with Gasteiger partial charge in [-0.1, -0.05) is 134 Å². The molecule has 0 bridgehead atoms. The number of allylic oxidation sites excluding steroid dienone is 4. The first kappa shape index (κ1) is 25.7. The fourth-order valence-corrected chi connectivity index (χ4v) is 2.07. The molecule has 0 fully saturated rings. The molecule has 0 aliphatic rings. The molecule has 3 rings (SSSR count). The van der Waals surface area contributed by atoms with Gasteiger partial charge in [0.25, 0.3) is 0 Å². The van der Waals surface area contributed by atoms with Crippen LogP contribution in [0, 0.1) is 19.3 Å². The third-order valence-electron chi connectivity index (χ3n) is 3.72. The molecule has 0 saturated carbocycles. The van der Waals surface area contributed by atoms with Crippen molar-refractivity contribution in [3.05, 3.63) is 120 Å². The highest BCUT2D eigenvalue weighted by atomic mass is 14.0. The van der Waals surface area contributed by atoms with Crippen LogP contribution in [0.2, 0.25) is 0 Å². The van der Waals surface area contributed by atoms with E-state index in [2.05, 4.69) is 73.5 Å². The zero-order valence-corrected chi connectivity index (χ0v) is 18.5. The minimum absolute atomic E-state index is 1.20. The van der Waals surface area contributed by atoms with Crippen LogP contribution in [-0.2, 0) is 0 Å². The maximum Gasteiger partial charge on any atom is -0.0119 e. The van der Waals surface area contributed by atoms with Gasteiger partial charge in [-0.25, -0.2) is 0 Å². The Balaban J connectivity index is 0.000000407. The van der Waals surface area contributed by atoms with Crippen molar-refractivity contribution in [2.75, 3.05) is 0 Å². The molecule has 150 valence electrons. The van der Waals surface area contributed by atoms with Gasteiger partial charge in [0.1, 0.15) is 0 Å². The molecule has 0 atom stereocenters. The van der Waals surface area contributed by atoms with Gasteiger partial charge in [0.05, 0.1) is 0 Å². The molecule has 0 N–H and O–H groups in total. The molecule has 0 amide bonds. The summed E-state index contributed by atoms with van der Waals surface area (Å²) in [5.41, 5.74) is 5.07. The van der Waals surface area contributed by atoms with Crippen LogP contribution in [-0.4, -0.2) is 0 Å². The number of benzene rings is 3. The Morgan fingerprint density at radius 1 is 0.724 bits per heavy atom. The zero-order chi connectivity index (χ0) is 21.7. The van der Waals surface area contributed by atoms with Gasteiger partial charge in [0, 0.05) is 0 Å². The predicted octanol–water partition coefficient (Wildman–Crippen LogP) is 8.52. The number of rotatable bonds is 2. The second kappa shape index (κ2) is 18.1. The van der Waals surface area contributed by atoms with E-state index in [1.165, 1.54) is 22.3 Å². The van der Waals surface area contributed by atoms with Crippen molar-refractivity contribution < 1.29 is 0 Å². The van der Waals surface area contributed by atoms with Crippen LogP contribution in [0.15, 0.2) is 115 Å². The molecule has 3 aromatic rings. The molecule has 0 heterocycles. The van der Waals surface area contributed by atoms with E-state index in [-0.39, 0.29) is 0 Å². The topological polar surface area (TPSA) is 0 Å². The Kier molecular flexibility index (Phi) is 16.0. The molecule has 0 aromatic heterocycles. The van der Waals surface area contributed by atoms with Gasteiger partial charge in [0.15, 0.2) is 0 Å². The van der Waals surface area contributed by atoms with Crippen molar-refractivity contribution in [1.29, 1.82) is 0 Å². The molecule has 0 saturated heterocycles. The van der Waals surface area contributed by atoms with E-state index in [4.69, 9.17) is 6.42 Å². The van der Waals surface area contributed by atoms with E-state index in [1.54, 1.807) is 6.08 Å². The smallest absolute Gasteiger partial charge is 0.0119 e. The van der Waals surface area contributed by atoms with Gasteiger partial charge in [-0.3, -0.25) is 0 Å². The fraction of sp³-hybridized carbons (Fsp3) is 0.172. The van der Waals surface area contributed by atoms with Crippen molar-refractivity contribution in [1.82, 2.24) is 0 Å². The normalized spacial score (nSPS) is 9.59. The van der Waals surface area contributed by atoms with Crippen molar-refractivity contribution in [2.24, 2.45) is 0 Å². The minimum Gasteiger partial charge on any atom is -0.115 e. The molecule has 0 nitrogen and oxygen atoms in total. The number of aryl methyl sites for hydroxylation is 1. The molecule has 0 radical (unpaired) electrons. The molecule has 3 aromatic carbocycles. The summed E-state index contributed by atoms with van der Waals surface area (Å²) in [5, 5.41) is 0. The first-order valence-corrected chi connectivity index (χ1v) is 10.0.